The maximum atomic E-state index is 5.42. The fourth-order valence-electron chi connectivity index (χ4n) is 3.53. The van der Waals surface area contributed by atoms with Crippen LogP contribution in [0.3, 0.4) is 0 Å². The lowest BCUT2D eigenvalue weighted by Crippen LogP contribution is -2.40. The van der Waals surface area contributed by atoms with Gasteiger partial charge in [0.15, 0.2) is 0 Å². The third-order valence-corrected chi connectivity index (χ3v) is 5.20. The Kier molecular flexibility index (Phi) is 6.56. The number of methoxy groups -OCH3 is 1. The number of ether oxygens (including phenoxy) is 2. The lowest BCUT2D eigenvalue weighted by atomic mass is 10.1. The highest BCUT2D eigenvalue weighted by molar-refractivity contribution is 5.64. The van der Waals surface area contributed by atoms with Crippen LogP contribution in [0.15, 0.2) is 60.8 Å². The Bertz CT molecular complexity index is 887. The van der Waals surface area contributed by atoms with Gasteiger partial charge in [0.2, 0.25) is 0 Å². The summed E-state index contributed by atoms with van der Waals surface area (Å²) in [5.41, 5.74) is 4.32. The molecule has 0 atom stereocenters. The number of nitrogens with one attached hydrogen (secondary N) is 1. The third-order valence-electron chi connectivity index (χ3n) is 5.20. The van der Waals surface area contributed by atoms with Gasteiger partial charge in [0, 0.05) is 50.0 Å². The average molecular weight is 393 g/mol. The molecule has 3 aromatic rings. The van der Waals surface area contributed by atoms with Gasteiger partial charge in [-0.1, -0.05) is 18.2 Å². The first-order valence-corrected chi connectivity index (χ1v) is 10.1. The van der Waals surface area contributed by atoms with Crippen molar-refractivity contribution in [1.29, 1.82) is 0 Å². The van der Waals surface area contributed by atoms with E-state index in [1.54, 1.807) is 7.11 Å². The van der Waals surface area contributed by atoms with Crippen LogP contribution in [0.4, 0.5) is 0 Å². The van der Waals surface area contributed by atoms with Gasteiger partial charge < -0.3 is 14.8 Å². The second kappa shape index (κ2) is 9.69. The Morgan fingerprint density at radius 1 is 1.03 bits per heavy atom. The molecule has 29 heavy (non-hydrogen) atoms. The number of morpholine rings is 1. The summed E-state index contributed by atoms with van der Waals surface area (Å²) in [5.74, 6) is 0.849. The molecule has 0 unspecified atom stereocenters. The molecule has 0 saturated carbocycles. The molecule has 152 valence electrons. The van der Waals surface area contributed by atoms with Crippen molar-refractivity contribution in [2.75, 3.05) is 46.5 Å². The van der Waals surface area contributed by atoms with Crippen LogP contribution in [-0.4, -0.2) is 61.2 Å². The minimum Gasteiger partial charge on any atom is -0.497 e. The van der Waals surface area contributed by atoms with Crippen molar-refractivity contribution in [3.63, 3.8) is 0 Å². The molecule has 1 aromatic heterocycles. The van der Waals surface area contributed by atoms with Crippen LogP contribution in [0.2, 0.25) is 0 Å². The molecule has 0 radical (unpaired) electrons. The molecule has 1 fully saturated rings. The normalized spacial score (nSPS) is 14.8. The zero-order valence-electron chi connectivity index (χ0n) is 16.9. The molecule has 0 spiro atoms. The van der Waals surface area contributed by atoms with E-state index < -0.39 is 0 Å². The maximum Gasteiger partial charge on any atom is 0.118 e. The zero-order valence-corrected chi connectivity index (χ0v) is 16.9. The number of benzene rings is 2. The second-order valence-corrected chi connectivity index (χ2v) is 7.14. The molecule has 0 aliphatic carbocycles. The predicted molar refractivity (Wildman–Crippen MR) is 115 cm³/mol. The molecular weight excluding hydrogens is 364 g/mol. The minimum absolute atomic E-state index is 0.776. The molecule has 1 aliphatic heterocycles. The highest BCUT2D eigenvalue weighted by Crippen LogP contribution is 2.25. The van der Waals surface area contributed by atoms with E-state index >= 15 is 0 Å². The van der Waals surface area contributed by atoms with Crippen molar-refractivity contribution in [1.82, 2.24) is 20.0 Å². The first-order valence-electron chi connectivity index (χ1n) is 10.1. The number of hydrogen-bond donors (Lipinski definition) is 1. The summed E-state index contributed by atoms with van der Waals surface area (Å²) in [4.78, 5) is 2.44. The minimum atomic E-state index is 0.776. The first-order chi connectivity index (χ1) is 14.3. The van der Waals surface area contributed by atoms with Crippen molar-refractivity contribution < 1.29 is 9.47 Å². The Morgan fingerprint density at radius 2 is 1.79 bits per heavy atom. The average Bonchev–Trinajstić information content (AvgIpc) is 3.22. The van der Waals surface area contributed by atoms with Gasteiger partial charge in [-0.2, -0.15) is 5.10 Å². The van der Waals surface area contributed by atoms with Crippen LogP contribution in [0.1, 0.15) is 5.56 Å². The first kappa shape index (κ1) is 19.6. The number of para-hydroxylation sites is 1. The van der Waals surface area contributed by atoms with Crippen molar-refractivity contribution in [3.8, 4) is 22.7 Å². The number of rotatable bonds is 8. The topological polar surface area (TPSA) is 51.5 Å². The van der Waals surface area contributed by atoms with Crippen molar-refractivity contribution in [2.45, 2.75) is 6.54 Å². The van der Waals surface area contributed by atoms with Crippen LogP contribution < -0.4 is 10.1 Å². The van der Waals surface area contributed by atoms with Gasteiger partial charge in [0.25, 0.3) is 0 Å². The molecule has 1 N–H and O–H groups in total. The van der Waals surface area contributed by atoms with Crippen molar-refractivity contribution >= 4 is 0 Å². The van der Waals surface area contributed by atoms with Gasteiger partial charge >= 0.3 is 0 Å². The van der Waals surface area contributed by atoms with E-state index in [9.17, 15) is 0 Å². The largest absolute Gasteiger partial charge is 0.497 e. The van der Waals surface area contributed by atoms with Gasteiger partial charge in [-0.3, -0.25) is 4.90 Å². The fourth-order valence-corrected chi connectivity index (χ4v) is 3.53. The van der Waals surface area contributed by atoms with Crippen molar-refractivity contribution in [3.05, 3.63) is 66.4 Å². The predicted octanol–water partition coefficient (Wildman–Crippen LogP) is 2.97. The summed E-state index contributed by atoms with van der Waals surface area (Å²) in [5, 5.41) is 8.47. The number of aromatic nitrogens is 2. The summed E-state index contributed by atoms with van der Waals surface area (Å²) in [6.07, 6.45) is 2.12. The van der Waals surface area contributed by atoms with Gasteiger partial charge in [-0.25, -0.2) is 4.68 Å². The lowest BCUT2D eigenvalue weighted by molar-refractivity contribution is 0.0384. The number of nitrogens with zero attached hydrogens (tertiary/aromatic N) is 3. The Labute approximate surface area is 172 Å². The number of hydrogen-bond acceptors (Lipinski definition) is 5. The van der Waals surface area contributed by atoms with Crippen molar-refractivity contribution in [2.24, 2.45) is 0 Å². The molecule has 2 heterocycles. The van der Waals surface area contributed by atoms with Crippen LogP contribution in [0.25, 0.3) is 16.9 Å². The fraction of sp³-hybridized carbons (Fsp3) is 0.348. The van der Waals surface area contributed by atoms with Crippen LogP contribution in [-0.2, 0) is 11.3 Å². The molecule has 4 rings (SSSR count). The second-order valence-electron chi connectivity index (χ2n) is 7.14. The summed E-state index contributed by atoms with van der Waals surface area (Å²) in [6.45, 7) is 6.47. The molecule has 2 aromatic carbocycles. The quantitative estimate of drug-likeness (QED) is 0.598. The van der Waals surface area contributed by atoms with E-state index in [1.807, 2.05) is 35.0 Å². The molecule has 6 nitrogen and oxygen atoms in total. The van der Waals surface area contributed by atoms with Gasteiger partial charge in [-0.05, 0) is 36.4 Å². The van der Waals surface area contributed by atoms with Gasteiger partial charge in [-0.15, -0.1) is 0 Å². The van der Waals surface area contributed by atoms with Crippen LogP contribution in [0, 0.1) is 0 Å². The van der Waals surface area contributed by atoms with Crippen LogP contribution in [0.5, 0.6) is 5.75 Å². The maximum absolute atomic E-state index is 5.42. The smallest absolute Gasteiger partial charge is 0.118 e. The monoisotopic (exact) mass is 392 g/mol. The summed E-state index contributed by atoms with van der Waals surface area (Å²) in [6, 6.07) is 18.3. The highest BCUT2D eigenvalue weighted by Gasteiger charge is 2.13. The Hall–Kier alpha value is -2.67. The summed E-state index contributed by atoms with van der Waals surface area (Å²) >= 11 is 0. The van der Waals surface area contributed by atoms with E-state index in [0.29, 0.717) is 0 Å². The van der Waals surface area contributed by atoms with E-state index in [0.717, 1.165) is 68.6 Å². The summed E-state index contributed by atoms with van der Waals surface area (Å²) in [7, 11) is 1.68. The Morgan fingerprint density at radius 3 is 2.52 bits per heavy atom. The molecule has 1 aliphatic rings. The molecular formula is C23H28N4O2. The third kappa shape index (κ3) is 5.03. The van der Waals surface area contributed by atoms with Gasteiger partial charge in [0.1, 0.15) is 5.75 Å². The van der Waals surface area contributed by atoms with Gasteiger partial charge in [0.05, 0.1) is 31.7 Å². The molecule has 1 saturated heterocycles. The highest BCUT2D eigenvalue weighted by atomic mass is 16.5. The SMILES string of the molecule is COc1ccc(-c2nn(-c3ccccc3)cc2CNCCN2CCOCC2)cc1. The molecule has 6 heteroatoms. The van der Waals surface area contributed by atoms with Crippen LogP contribution >= 0.6 is 0 Å². The zero-order chi connectivity index (χ0) is 19.9. The standard InChI is InChI=1S/C23H28N4O2/c1-28-22-9-7-19(8-10-22)23-20(17-24-11-12-26-13-15-29-16-14-26)18-27(25-23)21-5-3-2-4-6-21/h2-10,18,24H,11-17H2,1H3. The Balaban J connectivity index is 1.49. The molecule has 0 bridgehead atoms. The van der Waals surface area contributed by atoms with E-state index in [4.69, 9.17) is 14.6 Å². The van der Waals surface area contributed by atoms with E-state index in [1.165, 1.54) is 5.56 Å². The van der Waals surface area contributed by atoms with E-state index in [2.05, 4.69) is 40.7 Å². The molecule has 0 amide bonds. The summed E-state index contributed by atoms with van der Waals surface area (Å²) < 4.78 is 12.7. The van der Waals surface area contributed by atoms with E-state index in [-0.39, 0.29) is 0 Å². The lowest BCUT2D eigenvalue weighted by Gasteiger charge is -2.26.